The van der Waals surface area contributed by atoms with E-state index < -0.39 is 10.0 Å². The Bertz CT molecular complexity index is 353. The van der Waals surface area contributed by atoms with E-state index in [2.05, 4.69) is 11.2 Å². The maximum atomic E-state index is 12.2. The normalized spacial score (nSPS) is 18.2. The third-order valence-corrected chi connectivity index (χ3v) is 5.03. The maximum absolute atomic E-state index is 12.2. The van der Waals surface area contributed by atoms with Crippen molar-refractivity contribution >= 4 is 10.0 Å². The molecule has 0 unspecified atom stereocenters. The molecular weight excluding hydrogens is 236 g/mol. The van der Waals surface area contributed by atoms with Gasteiger partial charge in [0.15, 0.2) is 0 Å². The van der Waals surface area contributed by atoms with E-state index in [1.807, 2.05) is 6.92 Å². The van der Waals surface area contributed by atoms with Crippen LogP contribution in [-0.2, 0) is 10.0 Å². The summed E-state index contributed by atoms with van der Waals surface area (Å²) >= 11 is 0. The summed E-state index contributed by atoms with van der Waals surface area (Å²) in [5.41, 5.74) is 0. The van der Waals surface area contributed by atoms with E-state index in [0.29, 0.717) is 6.54 Å². The van der Waals surface area contributed by atoms with Crippen molar-refractivity contribution in [3.05, 3.63) is 0 Å². The molecule has 0 radical (unpaired) electrons. The monoisotopic (exact) mass is 258 g/mol. The fourth-order valence-corrected chi connectivity index (χ4v) is 3.99. The fraction of sp³-hybridized carbons (Fsp3) is 0.833. The van der Waals surface area contributed by atoms with Gasteiger partial charge in [-0.1, -0.05) is 12.8 Å². The van der Waals surface area contributed by atoms with Crippen LogP contribution in [0.3, 0.4) is 0 Å². The van der Waals surface area contributed by atoms with Gasteiger partial charge in [-0.3, -0.25) is 0 Å². The highest BCUT2D eigenvalue weighted by Crippen LogP contribution is 2.16. The highest BCUT2D eigenvalue weighted by molar-refractivity contribution is 7.89. The van der Waals surface area contributed by atoms with Crippen LogP contribution in [0.5, 0.6) is 0 Å². The topological polar surface area (TPSA) is 49.4 Å². The van der Waals surface area contributed by atoms with Gasteiger partial charge in [-0.2, -0.15) is 4.31 Å². The van der Waals surface area contributed by atoms with Gasteiger partial charge < -0.3 is 5.32 Å². The molecule has 4 nitrogen and oxygen atoms in total. The van der Waals surface area contributed by atoms with E-state index in [1.165, 1.54) is 4.31 Å². The van der Waals surface area contributed by atoms with E-state index >= 15 is 0 Å². The summed E-state index contributed by atoms with van der Waals surface area (Å²) in [6.45, 7) is 4.52. The zero-order valence-electron chi connectivity index (χ0n) is 10.5. The minimum absolute atomic E-state index is 0.196. The van der Waals surface area contributed by atoms with Crippen molar-refractivity contribution in [2.24, 2.45) is 5.92 Å². The molecule has 0 spiro atoms. The molecule has 0 aromatic rings. The van der Waals surface area contributed by atoms with Gasteiger partial charge >= 0.3 is 0 Å². The fourth-order valence-electron chi connectivity index (χ4n) is 2.12. The molecule has 5 heteroatoms. The van der Waals surface area contributed by atoms with Crippen LogP contribution in [-0.4, -0.2) is 44.7 Å². The molecule has 0 aromatic carbocycles. The summed E-state index contributed by atoms with van der Waals surface area (Å²) in [5, 5.41) is 3.24. The Morgan fingerprint density at radius 1 is 1.41 bits per heavy atom. The number of hydrogen-bond donors (Lipinski definition) is 1. The van der Waals surface area contributed by atoms with Gasteiger partial charge in [0.1, 0.15) is 0 Å². The summed E-state index contributed by atoms with van der Waals surface area (Å²) in [7, 11) is -3.18. The molecule has 1 rings (SSSR count). The van der Waals surface area contributed by atoms with Gasteiger partial charge in [0, 0.05) is 6.54 Å². The van der Waals surface area contributed by atoms with E-state index in [0.717, 1.165) is 32.4 Å². The molecule has 0 aromatic heterocycles. The molecule has 1 aliphatic rings. The van der Waals surface area contributed by atoms with Gasteiger partial charge in [0.2, 0.25) is 10.0 Å². The lowest BCUT2D eigenvalue weighted by Gasteiger charge is -2.26. The third kappa shape index (κ3) is 4.66. The predicted molar refractivity (Wildman–Crippen MR) is 70.1 cm³/mol. The van der Waals surface area contributed by atoms with Gasteiger partial charge in [-0.15, -0.1) is 6.42 Å². The second-order valence-electron chi connectivity index (χ2n) is 4.51. The number of nitrogens with one attached hydrogen (secondary N) is 1. The number of hydrogen-bond acceptors (Lipinski definition) is 3. The van der Waals surface area contributed by atoms with Crippen molar-refractivity contribution in [2.75, 3.05) is 31.9 Å². The van der Waals surface area contributed by atoms with E-state index in [-0.39, 0.29) is 18.2 Å². The van der Waals surface area contributed by atoms with Crippen molar-refractivity contribution in [1.29, 1.82) is 0 Å². The van der Waals surface area contributed by atoms with Crippen LogP contribution in [0.15, 0.2) is 0 Å². The molecule has 1 fully saturated rings. The molecule has 0 bridgehead atoms. The summed E-state index contributed by atoms with van der Waals surface area (Å²) in [4.78, 5) is 0. The van der Waals surface area contributed by atoms with Crippen LogP contribution in [0.4, 0.5) is 0 Å². The SMILES string of the molecule is C#CCN(CCC)S(=O)(=O)CC1CCNCC1. The Kier molecular flexibility index (Phi) is 5.96. The van der Waals surface area contributed by atoms with Crippen molar-refractivity contribution < 1.29 is 8.42 Å². The van der Waals surface area contributed by atoms with Gasteiger partial charge in [-0.25, -0.2) is 8.42 Å². The average Bonchev–Trinajstić information content (AvgIpc) is 2.29. The van der Waals surface area contributed by atoms with Crippen molar-refractivity contribution in [2.45, 2.75) is 26.2 Å². The molecule has 1 heterocycles. The number of terminal acetylenes is 1. The number of rotatable bonds is 6. The van der Waals surface area contributed by atoms with Crippen LogP contribution in [0.1, 0.15) is 26.2 Å². The Hall–Kier alpha value is -0.570. The molecule has 0 saturated carbocycles. The van der Waals surface area contributed by atoms with Crippen LogP contribution < -0.4 is 5.32 Å². The number of piperidine rings is 1. The molecule has 0 atom stereocenters. The first kappa shape index (κ1) is 14.5. The molecule has 1 aliphatic heterocycles. The Morgan fingerprint density at radius 3 is 2.59 bits per heavy atom. The molecule has 1 saturated heterocycles. The Balaban J connectivity index is 2.60. The minimum atomic E-state index is -3.18. The molecule has 17 heavy (non-hydrogen) atoms. The Morgan fingerprint density at radius 2 is 2.06 bits per heavy atom. The maximum Gasteiger partial charge on any atom is 0.215 e. The smallest absolute Gasteiger partial charge is 0.215 e. The molecular formula is C12H22N2O2S. The highest BCUT2D eigenvalue weighted by atomic mass is 32.2. The lowest BCUT2D eigenvalue weighted by atomic mass is 10.0. The summed E-state index contributed by atoms with van der Waals surface area (Å²) in [6.07, 6.45) is 7.90. The average molecular weight is 258 g/mol. The summed E-state index contributed by atoms with van der Waals surface area (Å²) < 4.78 is 25.8. The summed E-state index contributed by atoms with van der Waals surface area (Å²) in [6, 6.07) is 0. The first-order valence-corrected chi connectivity index (χ1v) is 7.83. The lowest BCUT2D eigenvalue weighted by Crippen LogP contribution is -2.39. The second-order valence-corrected chi connectivity index (χ2v) is 6.52. The predicted octanol–water partition coefficient (Wildman–Crippen LogP) is 0.661. The van der Waals surface area contributed by atoms with E-state index in [4.69, 9.17) is 6.42 Å². The second kappa shape index (κ2) is 7.00. The highest BCUT2D eigenvalue weighted by Gasteiger charge is 2.26. The van der Waals surface area contributed by atoms with Crippen molar-refractivity contribution in [3.8, 4) is 12.3 Å². The van der Waals surface area contributed by atoms with E-state index in [9.17, 15) is 8.42 Å². The third-order valence-electron chi connectivity index (χ3n) is 3.04. The summed E-state index contributed by atoms with van der Waals surface area (Å²) in [5.74, 6) is 2.95. The van der Waals surface area contributed by atoms with Crippen LogP contribution in [0.25, 0.3) is 0 Å². The van der Waals surface area contributed by atoms with Gasteiger partial charge in [0.25, 0.3) is 0 Å². The molecule has 98 valence electrons. The van der Waals surface area contributed by atoms with E-state index in [1.54, 1.807) is 0 Å². The lowest BCUT2D eigenvalue weighted by molar-refractivity contribution is 0.385. The number of nitrogens with zero attached hydrogens (tertiary/aromatic N) is 1. The Labute approximate surface area is 105 Å². The van der Waals surface area contributed by atoms with Crippen molar-refractivity contribution in [3.63, 3.8) is 0 Å². The van der Waals surface area contributed by atoms with Crippen LogP contribution in [0.2, 0.25) is 0 Å². The zero-order chi connectivity index (χ0) is 12.7. The quantitative estimate of drug-likeness (QED) is 0.712. The number of sulfonamides is 1. The van der Waals surface area contributed by atoms with Gasteiger partial charge in [-0.05, 0) is 38.3 Å². The van der Waals surface area contributed by atoms with Crippen molar-refractivity contribution in [1.82, 2.24) is 9.62 Å². The van der Waals surface area contributed by atoms with Crippen LogP contribution >= 0.6 is 0 Å². The molecule has 0 amide bonds. The first-order chi connectivity index (χ1) is 8.10. The first-order valence-electron chi connectivity index (χ1n) is 6.22. The largest absolute Gasteiger partial charge is 0.317 e. The minimum Gasteiger partial charge on any atom is -0.317 e. The zero-order valence-corrected chi connectivity index (χ0v) is 11.3. The molecule has 0 aliphatic carbocycles. The standard InChI is InChI=1S/C12H22N2O2S/c1-3-9-14(10-4-2)17(15,16)11-12-5-7-13-8-6-12/h1,12-13H,4-11H2,2H3. The van der Waals surface area contributed by atoms with Crippen LogP contribution in [0, 0.1) is 18.3 Å². The van der Waals surface area contributed by atoms with Gasteiger partial charge in [0.05, 0.1) is 12.3 Å². The molecule has 1 N–H and O–H groups in total.